The summed E-state index contributed by atoms with van der Waals surface area (Å²) in [6.45, 7) is 9.28. The Morgan fingerprint density at radius 1 is 1.42 bits per heavy atom. The lowest BCUT2D eigenvalue weighted by atomic mass is 9.90. The van der Waals surface area contributed by atoms with E-state index in [1.807, 2.05) is 25.1 Å². The second-order valence-electron chi connectivity index (χ2n) is 6.01. The van der Waals surface area contributed by atoms with Crippen LogP contribution < -0.4 is 5.32 Å². The lowest BCUT2D eigenvalue weighted by Crippen LogP contribution is -2.31. The van der Waals surface area contributed by atoms with Crippen molar-refractivity contribution in [3.8, 4) is 0 Å². The maximum atomic E-state index is 12.2. The summed E-state index contributed by atoms with van der Waals surface area (Å²) in [7, 11) is 0. The molecule has 1 amide bonds. The average Bonchev–Trinajstić information content (AvgIpc) is 2.27. The monoisotopic (exact) mass is 437 g/mol. The van der Waals surface area contributed by atoms with Crippen molar-refractivity contribution >= 4 is 44.4 Å². The predicted molar refractivity (Wildman–Crippen MR) is 93.0 cm³/mol. The number of hydrogen-bond donors (Lipinski definition) is 1. The fourth-order valence-electron chi connectivity index (χ4n) is 1.86. The first kappa shape index (κ1) is 17.0. The van der Waals surface area contributed by atoms with Crippen LogP contribution in [0.4, 0.5) is 0 Å². The van der Waals surface area contributed by atoms with E-state index < -0.39 is 0 Å². The van der Waals surface area contributed by atoms with Gasteiger partial charge in [0.15, 0.2) is 0 Å². The summed E-state index contributed by atoms with van der Waals surface area (Å²) in [6.07, 6.45) is 1.03. The molecule has 106 valence electrons. The van der Waals surface area contributed by atoms with Crippen LogP contribution in [0.1, 0.15) is 43.1 Å². The SMILES string of the molecule is Cc1cccc(C(=O)NCC(Br)CC(C)(C)C)c1I. The number of nitrogens with one attached hydrogen (secondary N) is 1. The third-order valence-electron chi connectivity index (χ3n) is 2.75. The lowest BCUT2D eigenvalue weighted by Gasteiger charge is -2.22. The molecule has 1 aromatic rings. The summed E-state index contributed by atoms with van der Waals surface area (Å²) in [6, 6.07) is 5.82. The van der Waals surface area contributed by atoms with Crippen LogP contribution in [0.5, 0.6) is 0 Å². The van der Waals surface area contributed by atoms with Crippen LogP contribution in [0.2, 0.25) is 0 Å². The molecule has 1 N–H and O–H groups in total. The summed E-state index contributed by atoms with van der Waals surface area (Å²) in [5.41, 5.74) is 2.16. The van der Waals surface area contributed by atoms with E-state index in [2.05, 4.69) is 64.6 Å². The van der Waals surface area contributed by atoms with E-state index in [0.29, 0.717) is 11.4 Å². The molecule has 0 aliphatic heterocycles. The molecule has 0 aliphatic carbocycles. The van der Waals surface area contributed by atoms with Crippen molar-refractivity contribution in [2.45, 2.75) is 38.9 Å². The normalized spacial score (nSPS) is 13.2. The van der Waals surface area contributed by atoms with Gasteiger partial charge in [0.1, 0.15) is 0 Å². The molecule has 1 unspecified atom stereocenters. The second-order valence-corrected chi connectivity index (χ2v) is 8.38. The predicted octanol–water partition coefficient (Wildman–Crippen LogP) is 4.53. The van der Waals surface area contributed by atoms with Gasteiger partial charge in [-0.1, -0.05) is 48.8 Å². The number of hydrogen-bond acceptors (Lipinski definition) is 1. The Balaban J connectivity index is 2.59. The Kier molecular flexibility index (Phi) is 6.30. The van der Waals surface area contributed by atoms with Crippen LogP contribution in [-0.2, 0) is 0 Å². The molecule has 0 saturated heterocycles. The lowest BCUT2D eigenvalue weighted by molar-refractivity contribution is 0.0951. The number of amides is 1. The van der Waals surface area contributed by atoms with Crippen LogP contribution >= 0.6 is 38.5 Å². The maximum Gasteiger partial charge on any atom is 0.252 e. The standard InChI is InChI=1S/C15H21BrINO/c1-10-6-5-7-12(13(10)17)14(19)18-9-11(16)8-15(2,3)4/h5-7,11H,8-9H2,1-4H3,(H,18,19). The Hall–Kier alpha value is -0.100. The highest BCUT2D eigenvalue weighted by Gasteiger charge is 2.18. The molecule has 0 aromatic heterocycles. The van der Waals surface area contributed by atoms with Crippen molar-refractivity contribution < 1.29 is 4.79 Å². The fraction of sp³-hybridized carbons (Fsp3) is 0.533. The smallest absolute Gasteiger partial charge is 0.252 e. The quantitative estimate of drug-likeness (QED) is 0.544. The van der Waals surface area contributed by atoms with Crippen LogP contribution in [0.25, 0.3) is 0 Å². The van der Waals surface area contributed by atoms with Gasteiger partial charge in [0.25, 0.3) is 5.91 Å². The van der Waals surface area contributed by atoms with Crippen LogP contribution in [-0.4, -0.2) is 17.3 Å². The minimum Gasteiger partial charge on any atom is -0.351 e. The van der Waals surface area contributed by atoms with Gasteiger partial charge in [-0.3, -0.25) is 4.79 Å². The molecule has 2 nitrogen and oxygen atoms in total. The average molecular weight is 438 g/mol. The number of aryl methyl sites for hydroxylation is 1. The van der Waals surface area contributed by atoms with Gasteiger partial charge in [0.05, 0.1) is 5.56 Å². The zero-order valence-electron chi connectivity index (χ0n) is 11.9. The van der Waals surface area contributed by atoms with E-state index in [9.17, 15) is 4.79 Å². The van der Waals surface area contributed by atoms with E-state index in [-0.39, 0.29) is 11.3 Å². The Morgan fingerprint density at radius 3 is 2.63 bits per heavy atom. The molecule has 0 spiro atoms. The topological polar surface area (TPSA) is 29.1 Å². The molecule has 0 radical (unpaired) electrons. The highest BCUT2D eigenvalue weighted by molar-refractivity contribution is 14.1. The van der Waals surface area contributed by atoms with Crippen molar-refractivity contribution in [2.24, 2.45) is 5.41 Å². The number of rotatable bonds is 4. The zero-order chi connectivity index (χ0) is 14.6. The first-order chi connectivity index (χ1) is 8.70. The van der Waals surface area contributed by atoms with Crippen LogP contribution in [0.15, 0.2) is 18.2 Å². The van der Waals surface area contributed by atoms with E-state index in [4.69, 9.17) is 0 Å². The van der Waals surface area contributed by atoms with Crippen molar-refractivity contribution in [3.63, 3.8) is 0 Å². The highest BCUT2D eigenvalue weighted by Crippen LogP contribution is 2.24. The van der Waals surface area contributed by atoms with Crippen LogP contribution in [0, 0.1) is 15.9 Å². The second kappa shape index (κ2) is 7.07. The molecule has 0 aliphatic rings. The number of alkyl halides is 1. The molecule has 0 bridgehead atoms. The molecular weight excluding hydrogens is 417 g/mol. The number of benzene rings is 1. The Bertz CT molecular complexity index is 454. The fourth-order valence-corrected chi connectivity index (χ4v) is 3.60. The third kappa shape index (κ3) is 5.81. The van der Waals surface area contributed by atoms with E-state index in [1.54, 1.807) is 0 Å². The highest BCUT2D eigenvalue weighted by atomic mass is 127. The first-order valence-electron chi connectivity index (χ1n) is 6.38. The summed E-state index contributed by atoms with van der Waals surface area (Å²) >= 11 is 5.86. The summed E-state index contributed by atoms with van der Waals surface area (Å²) < 4.78 is 1.03. The van der Waals surface area contributed by atoms with Gasteiger partial charge in [-0.2, -0.15) is 0 Å². The number of carbonyl (C=O) groups is 1. The molecule has 1 rings (SSSR count). The van der Waals surface area contributed by atoms with Gasteiger partial charge in [0, 0.05) is 14.9 Å². The Labute approximate surface area is 138 Å². The molecule has 0 heterocycles. The van der Waals surface area contributed by atoms with Crippen molar-refractivity contribution in [1.82, 2.24) is 5.32 Å². The minimum absolute atomic E-state index is 0.00598. The molecular formula is C15H21BrINO. The summed E-state index contributed by atoms with van der Waals surface area (Å²) in [5.74, 6) is 0.00598. The van der Waals surface area contributed by atoms with Crippen molar-refractivity contribution in [3.05, 3.63) is 32.9 Å². The van der Waals surface area contributed by atoms with Crippen molar-refractivity contribution in [1.29, 1.82) is 0 Å². The molecule has 0 saturated carbocycles. The van der Waals surface area contributed by atoms with Gasteiger partial charge >= 0.3 is 0 Å². The zero-order valence-corrected chi connectivity index (χ0v) is 15.6. The number of carbonyl (C=O) groups excluding carboxylic acids is 1. The van der Waals surface area contributed by atoms with Crippen molar-refractivity contribution in [2.75, 3.05) is 6.54 Å². The molecule has 1 aromatic carbocycles. The third-order valence-corrected chi connectivity index (χ3v) is 4.83. The minimum atomic E-state index is 0.00598. The first-order valence-corrected chi connectivity index (χ1v) is 8.37. The van der Waals surface area contributed by atoms with E-state index >= 15 is 0 Å². The van der Waals surface area contributed by atoms with E-state index in [0.717, 1.165) is 21.1 Å². The summed E-state index contributed by atoms with van der Waals surface area (Å²) in [5, 5.41) is 3.00. The molecule has 1 atom stereocenters. The Morgan fingerprint density at radius 2 is 2.05 bits per heavy atom. The maximum absolute atomic E-state index is 12.2. The van der Waals surface area contributed by atoms with Gasteiger partial charge in [0.2, 0.25) is 0 Å². The van der Waals surface area contributed by atoms with Gasteiger partial charge in [-0.15, -0.1) is 0 Å². The van der Waals surface area contributed by atoms with Gasteiger partial charge in [-0.05, 0) is 53.0 Å². The van der Waals surface area contributed by atoms with E-state index in [1.165, 1.54) is 0 Å². The summed E-state index contributed by atoms with van der Waals surface area (Å²) in [4.78, 5) is 12.5. The molecule has 4 heteroatoms. The van der Waals surface area contributed by atoms with Gasteiger partial charge < -0.3 is 5.32 Å². The molecule has 0 fully saturated rings. The number of halogens is 2. The van der Waals surface area contributed by atoms with Gasteiger partial charge in [-0.25, -0.2) is 0 Å². The largest absolute Gasteiger partial charge is 0.351 e. The van der Waals surface area contributed by atoms with Crippen LogP contribution in [0.3, 0.4) is 0 Å². The molecule has 19 heavy (non-hydrogen) atoms.